The lowest BCUT2D eigenvalue weighted by Crippen LogP contribution is -2.44. The summed E-state index contributed by atoms with van der Waals surface area (Å²) in [6, 6.07) is -0.362. The number of alkyl halides is 3. The molecule has 0 spiro atoms. The molecule has 0 aliphatic carbocycles. The van der Waals surface area contributed by atoms with Crippen LogP contribution in [0.1, 0.15) is 20.3 Å². The number of carbonyl (C=O) groups excluding carboxylic acids is 1. The molecule has 0 bridgehead atoms. The molecule has 6 heteroatoms. The molecule has 0 aromatic carbocycles. The van der Waals surface area contributed by atoms with Crippen LogP contribution in [-0.2, 0) is 4.79 Å². The smallest absolute Gasteiger partial charge is 0.344 e. The number of likely N-dealkylation sites (N-methyl/N-ethyl adjacent to an activating group) is 1. The molecular formula is C9H17F3N2O. The average Bonchev–Trinajstić information content (AvgIpc) is 2.53. The maximum absolute atomic E-state index is 11.8. The number of halogens is 3. The van der Waals surface area contributed by atoms with Gasteiger partial charge in [0, 0.05) is 12.6 Å². The van der Waals surface area contributed by atoms with Gasteiger partial charge in [-0.2, -0.15) is 13.2 Å². The van der Waals surface area contributed by atoms with Crippen molar-refractivity contribution in [2.24, 2.45) is 0 Å². The molecule has 1 amide bonds. The molecule has 1 fully saturated rings. The van der Waals surface area contributed by atoms with E-state index in [1.807, 2.05) is 24.1 Å². The summed E-state index contributed by atoms with van der Waals surface area (Å²) in [5.41, 5.74) is 0. The summed E-state index contributed by atoms with van der Waals surface area (Å²) in [6.45, 7) is 5.21. The summed E-state index contributed by atoms with van der Waals surface area (Å²) in [6.07, 6.45) is -4.18. The summed E-state index contributed by atoms with van der Waals surface area (Å²) >= 11 is 0. The Morgan fingerprint density at radius 2 is 1.93 bits per heavy atom. The van der Waals surface area contributed by atoms with Gasteiger partial charge in [0.25, 0.3) is 0 Å². The number of nitrogens with zero attached hydrogens (tertiary/aromatic N) is 1. The Hall–Kier alpha value is -0.780. The van der Waals surface area contributed by atoms with Gasteiger partial charge in [0.15, 0.2) is 0 Å². The Morgan fingerprint density at radius 3 is 2.27 bits per heavy atom. The van der Waals surface area contributed by atoms with Crippen molar-refractivity contribution in [3.63, 3.8) is 0 Å². The highest BCUT2D eigenvalue weighted by molar-refractivity contribution is 5.81. The first-order valence-electron chi connectivity index (χ1n) is 4.96. The third kappa shape index (κ3) is 5.01. The lowest BCUT2D eigenvalue weighted by atomic mass is 10.2. The van der Waals surface area contributed by atoms with Gasteiger partial charge in [-0.25, -0.2) is 0 Å². The number of nitrogens with one attached hydrogen (secondary N) is 1. The Labute approximate surface area is 87.6 Å². The van der Waals surface area contributed by atoms with Crippen LogP contribution >= 0.6 is 0 Å². The van der Waals surface area contributed by atoms with Crippen molar-refractivity contribution in [1.29, 1.82) is 0 Å². The maximum Gasteiger partial charge on any atom is 0.471 e. The molecule has 1 atom stereocenters. The molecule has 0 aromatic rings. The highest BCUT2D eigenvalue weighted by Crippen LogP contribution is 2.16. The van der Waals surface area contributed by atoms with E-state index >= 15 is 0 Å². The number of carbonyl (C=O) groups is 1. The van der Waals surface area contributed by atoms with Crippen molar-refractivity contribution in [2.75, 3.05) is 20.1 Å². The third-order valence-corrected chi connectivity index (χ3v) is 1.98. The van der Waals surface area contributed by atoms with Crippen molar-refractivity contribution >= 4 is 5.91 Å². The largest absolute Gasteiger partial charge is 0.471 e. The van der Waals surface area contributed by atoms with Gasteiger partial charge in [-0.3, -0.25) is 4.79 Å². The van der Waals surface area contributed by atoms with Crippen molar-refractivity contribution < 1.29 is 18.0 Å². The van der Waals surface area contributed by atoms with Crippen LogP contribution in [0, 0.1) is 0 Å². The van der Waals surface area contributed by atoms with Gasteiger partial charge in [-0.1, -0.05) is 13.8 Å². The summed E-state index contributed by atoms with van der Waals surface area (Å²) < 4.78 is 35.3. The average molecular weight is 226 g/mol. The molecule has 3 nitrogen and oxygen atoms in total. The summed E-state index contributed by atoms with van der Waals surface area (Å²) in [7, 11) is 1.81. The molecule has 1 aliphatic rings. The second-order valence-corrected chi connectivity index (χ2v) is 3.22. The summed E-state index contributed by atoms with van der Waals surface area (Å²) in [5, 5.41) is 1.94. The predicted octanol–water partition coefficient (Wildman–Crippen LogP) is 1.40. The van der Waals surface area contributed by atoms with E-state index in [0.29, 0.717) is 13.0 Å². The zero-order valence-corrected chi connectivity index (χ0v) is 9.19. The van der Waals surface area contributed by atoms with Gasteiger partial charge < -0.3 is 10.2 Å². The van der Waals surface area contributed by atoms with Crippen LogP contribution in [0.3, 0.4) is 0 Å². The fourth-order valence-electron chi connectivity index (χ4n) is 1.32. The number of hydrogen-bond acceptors (Lipinski definition) is 2. The van der Waals surface area contributed by atoms with Gasteiger partial charge in [0.2, 0.25) is 0 Å². The van der Waals surface area contributed by atoms with Crippen LogP contribution in [-0.4, -0.2) is 43.2 Å². The molecule has 1 N–H and O–H groups in total. The fourth-order valence-corrected chi connectivity index (χ4v) is 1.32. The van der Waals surface area contributed by atoms with Gasteiger partial charge in [-0.05, 0) is 20.0 Å². The second kappa shape index (κ2) is 5.95. The van der Waals surface area contributed by atoms with E-state index in [1.54, 1.807) is 7.05 Å². The second-order valence-electron chi connectivity index (χ2n) is 3.22. The molecule has 0 aromatic heterocycles. The molecule has 1 aliphatic heterocycles. The standard InChI is InChI=1S/C7H11F3N2O.C2H6/c1-12-3-2-5(4-12)11-6(13)7(8,9)10;1-2/h5H,2-4H2,1H3,(H,11,13);1-2H3. The molecular weight excluding hydrogens is 209 g/mol. The monoisotopic (exact) mass is 226 g/mol. The molecule has 1 unspecified atom stereocenters. The first-order valence-corrected chi connectivity index (χ1v) is 4.96. The van der Waals surface area contributed by atoms with Crippen LogP contribution in [0.5, 0.6) is 0 Å². The Morgan fingerprint density at radius 1 is 1.40 bits per heavy atom. The molecule has 0 radical (unpaired) electrons. The van der Waals surface area contributed by atoms with Crippen LogP contribution in [0.25, 0.3) is 0 Å². The number of hydrogen-bond donors (Lipinski definition) is 1. The van der Waals surface area contributed by atoms with Crippen LogP contribution in [0.2, 0.25) is 0 Å². The first kappa shape index (κ1) is 14.2. The SMILES string of the molecule is CC.CN1CCC(NC(=O)C(F)(F)F)C1. The number of amides is 1. The number of rotatable bonds is 1. The van der Waals surface area contributed by atoms with E-state index in [9.17, 15) is 18.0 Å². The van der Waals surface area contributed by atoms with E-state index < -0.39 is 12.1 Å². The van der Waals surface area contributed by atoms with Crippen LogP contribution < -0.4 is 5.32 Å². The van der Waals surface area contributed by atoms with Crippen molar-refractivity contribution in [3.05, 3.63) is 0 Å². The van der Waals surface area contributed by atoms with Gasteiger partial charge in [-0.15, -0.1) is 0 Å². The molecule has 90 valence electrons. The molecule has 15 heavy (non-hydrogen) atoms. The normalized spacial score (nSPS) is 21.9. The zero-order valence-electron chi connectivity index (χ0n) is 9.19. The Kier molecular flexibility index (Phi) is 5.64. The minimum Gasteiger partial charge on any atom is -0.344 e. The number of likely N-dealkylation sites (tertiary alicyclic amines) is 1. The van der Waals surface area contributed by atoms with E-state index in [1.165, 1.54) is 0 Å². The van der Waals surface area contributed by atoms with Crippen molar-refractivity contribution in [2.45, 2.75) is 32.5 Å². The van der Waals surface area contributed by atoms with E-state index in [0.717, 1.165) is 6.54 Å². The Balaban J connectivity index is 0.000000921. The molecule has 1 heterocycles. The zero-order chi connectivity index (χ0) is 12.1. The minimum absolute atomic E-state index is 0.362. The lowest BCUT2D eigenvalue weighted by molar-refractivity contribution is -0.174. The van der Waals surface area contributed by atoms with E-state index in [-0.39, 0.29) is 6.04 Å². The van der Waals surface area contributed by atoms with Gasteiger partial charge >= 0.3 is 12.1 Å². The lowest BCUT2D eigenvalue weighted by Gasteiger charge is -2.13. The first-order chi connectivity index (χ1) is 6.89. The predicted molar refractivity (Wildman–Crippen MR) is 51.4 cm³/mol. The third-order valence-electron chi connectivity index (χ3n) is 1.98. The minimum atomic E-state index is -4.76. The quantitative estimate of drug-likeness (QED) is 0.733. The van der Waals surface area contributed by atoms with E-state index in [2.05, 4.69) is 0 Å². The summed E-state index contributed by atoms with van der Waals surface area (Å²) in [4.78, 5) is 12.3. The maximum atomic E-state index is 11.8. The molecule has 1 rings (SSSR count). The molecule has 0 saturated carbocycles. The van der Waals surface area contributed by atoms with Gasteiger partial charge in [0.05, 0.1) is 0 Å². The Bertz CT molecular complexity index is 206. The highest BCUT2D eigenvalue weighted by Gasteiger charge is 2.40. The van der Waals surface area contributed by atoms with Gasteiger partial charge in [0.1, 0.15) is 0 Å². The van der Waals surface area contributed by atoms with E-state index in [4.69, 9.17) is 0 Å². The topological polar surface area (TPSA) is 32.3 Å². The van der Waals surface area contributed by atoms with Crippen molar-refractivity contribution in [1.82, 2.24) is 10.2 Å². The van der Waals surface area contributed by atoms with Crippen molar-refractivity contribution in [3.8, 4) is 0 Å². The van der Waals surface area contributed by atoms with Crippen LogP contribution in [0.4, 0.5) is 13.2 Å². The highest BCUT2D eigenvalue weighted by atomic mass is 19.4. The van der Waals surface area contributed by atoms with Crippen LogP contribution in [0.15, 0.2) is 0 Å². The molecule has 1 saturated heterocycles. The fraction of sp³-hybridized carbons (Fsp3) is 0.889. The summed E-state index contributed by atoms with van der Waals surface area (Å²) in [5.74, 6) is -1.84.